The lowest BCUT2D eigenvalue weighted by Crippen LogP contribution is -2.61. The molecule has 26 heavy (non-hydrogen) atoms. The molecule has 3 saturated carbocycles. The van der Waals surface area contributed by atoms with Crippen molar-refractivity contribution in [3.63, 3.8) is 0 Å². The molecule has 5 aliphatic rings. The molecule has 5 unspecified atom stereocenters. The molecule has 0 spiro atoms. The minimum Gasteiger partial charge on any atom is -0.344 e. The maximum Gasteiger partial charge on any atom is 0.163 e. The number of hydrogen-bond donors (Lipinski definition) is 0. The van der Waals surface area contributed by atoms with Crippen molar-refractivity contribution >= 4 is 5.78 Å². The van der Waals surface area contributed by atoms with E-state index in [1.54, 1.807) is 0 Å². The summed E-state index contributed by atoms with van der Waals surface area (Å²) < 4.78 is 13.1. The molecule has 9 atom stereocenters. The van der Waals surface area contributed by atoms with Crippen molar-refractivity contribution in [3.8, 4) is 0 Å². The molecule has 1 saturated heterocycles. The van der Waals surface area contributed by atoms with E-state index in [-0.39, 0.29) is 29.0 Å². The molecule has 3 heteroatoms. The normalized spacial score (nSPS) is 57.3. The molecule has 0 bridgehead atoms. The Labute approximate surface area is 157 Å². The van der Waals surface area contributed by atoms with Crippen molar-refractivity contribution in [2.24, 2.45) is 40.4 Å². The van der Waals surface area contributed by atoms with Crippen LogP contribution >= 0.6 is 0 Å². The van der Waals surface area contributed by atoms with Gasteiger partial charge in [0.05, 0.1) is 12.2 Å². The fourth-order valence-electron chi connectivity index (χ4n) is 7.87. The maximum absolute atomic E-state index is 13.0. The average molecular weight is 359 g/mol. The lowest BCUT2D eigenvalue weighted by atomic mass is 9.45. The third-order valence-corrected chi connectivity index (χ3v) is 9.04. The third-order valence-electron chi connectivity index (χ3n) is 9.04. The van der Waals surface area contributed by atoms with Crippen LogP contribution in [0.15, 0.2) is 12.2 Å². The van der Waals surface area contributed by atoms with Crippen molar-refractivity contribution in [2.45, 2.75) is 84.7 Å². The Kier molecular flexibility index (Phi) is 3.50. The van der Waals surface area contributed by atoms with Gasteiger partial charge in [-0.05, 0) is 69.1 Å². The molecule has 5 rings (SSSR count). The zero-order valence-corrected chi connectivity index (χ0v) is 17.0. The highest BCUT2D eigenvalue weighted by Gasteiger charge is 2.68. The van der Waals surface area contributed by atoms with Gasteiger partial charge >= 0.3 is 0 Å². The topological polar surface area (TPSA) is 35.5 Å². The number of rotatable bonds is 0. The number of ether oxygens (including phenoxy) is 2. The van der Waals surface area contributed by atoms with Gasteiger partial charge in [0.2, 0.25) is 0 Å². The first kappa shape index (κ1) is 17.4. The van der Waals surface area contributed by atoms with E-state index in [2.05, 4.69) is 46.8 Å². The Morgan fingerprint density at radius 2 is 1.77 bits per heavy atom. The first-order valence-corrected chi connectivity index (χ1v) is 10.7. The smallest absolute Gasteiger partial charge is 0.163 e. The van der Waals surface area contributed by atoms with Crippen LogP contribution in [0.5, 0.6) is 0 Å². The summed E-state index contributed by atoms with van der Waals surface area (Å²) in [6.07, 6.45) is 10.8. The van der Waals surface area contributed by atoms with Crippen molar-refractivity contribution in [1.29, 1.82) is 0 Å². The lowest BCUT2D eigenvalue weighted by molar-refractivity contribution is -0.167. The van der Waals surface area contributed by atoms with E-state index in [9.17, 15) is 4.79 Å². The number of carbonyl (C=O) groups excluding carboxylic acids is 1. The summed E-state index contributed by atoms with van der Waals surface area (Å²) in [5, 5.41) is 0. The molecular weight excluding hydrogens is 324 g/mol. The van der Waals surface area contributed by atoms with Crippen molar-refractivity contribution in [1.82, 2.24) is 0 Å². The SMILES string of the molecule is CC1CC2C3C(CC[C@]2(C)C1=O)[C@@]1(C)CCC=CC1[C@H]1OC(C)(C)O[C@H]31. The lowest BCUT2D eigenvalue weighted by Gasteiger charge is -2.61. The summed E-state index contributed by atoms with van der Waals surface area (Å²) in [6, 6.07) is 0. The van der Waals surface area contributed by atoms with E-state index in [0.29, 0.717) is 29.5 Å². The molecule has 0 aromatic carbocycles. The van der Waals surface area contributed by atoms with Crippen molar-refractivity contribution in [2.75, 3.05) is 0 Å². The Balaban J connectivity index is 1.62. The van der Waals surface area contributed by atoms with Gasteiger partial charge in [-0.25, -0.2) is 0 Å². The predicted molar refractivity (Wildman–Crippen MR) is 100 cm³/mol. The Hall–Kier alpha value is -0.670. The Bertz CT molecular complexity index is 666. The molecule has 0 aromatic rings. The van der Waals surface area contributed by atoms with E-state index < -0.39 is 5.79 Å². The third kappa shape index (κ3) is 2.05. The van der Waals surface area contributed by atoms with Crippen LogP contribution in [-0.2, 0) is 14.3 Å². The summed E-state index contributed by atoms with van der Waals surface area (Å²) in [5.41, 5.74) is 0.134. The molecule has 0 aromatic heterocycles. The molecule has 1 aliphatic heterocycles. The second-order valence-electron chi connectivity index (χ2n) is 10.8. The Morgan fingerprint density at radius 3 is 2.54 bits per heavy atom. The van der Waals surface area contributed by atoms with Gasteiger partial charge in [-0.15, -0.1) is 0 Å². The second-order valence-corrected chi connectivity index (χ2v) is 10.8. The standard InChI is InChI=1S/C23H34O3/c1-13-12-16-17-14(9-11-23(16,5)20(13)24)22(4)10-7-6-8-15(22)18-19(17)26-21(2,3)25-18/h6,8,13-19H,7,9-12H2,1-5H3/t13?,14?,15?,16?,17?,18-,19-,22-,23+/m1/s1. The van der Waals surface area contributed by atoms with Crippen LogP contribution in [0.3, 0.4) is 0 Å². The highest BCUT2D eigenvalue weighted by molar-refractivity contribution is 5.89. The van der Waals surface area contributed by atoms with Gasteiger partial charge in [-0.3, -0.25) is 4.79 Å². The number of fused-ring (bicyclic) bond motifs is 8. The first-order chi connectivity index (χ1) is 12.2. The molecule has 144 valence electrons. The number of hydrogen-bond acceptors (Lipinski definition) is 3. The average Bonchev–Trinajstić information content (AvgIpc) is 3.01. The van der Waals surface area contributed by atoms with Crippen molar-refractivity contribution in [3.05, 3.63) is 12.2 Å². The monoisotopic (exact) mass is 358 g/mol. The molecule has 0 N–H and O–H groups in total. The van der Waals surface area contributed by atoms with Crippen LogP contribution in [0.2, 0.25) is 0 Å². The van der Waals surface area contributed by atoms with Gasteiger partial charge in [-0.1, -0.05) is 32.9 Å². The fourth-order valence-corrected chi connectivity index (χ4v) is 7.87. The van der Waals surface area contributed by atoms with Crippen LogP contribution < -0.4 is 0 Å². The van der Waals surface area contributed by atoms with E-state index in [0.717, 1.165) is 12.8 Å². The van der Waals surface area contributed by atoms with Crippen LogP contribution in [0.4, 0.5) is 0 Å². The van der Waals surface area contributed by atoms with Crippen LogP contribution in [0.1, 0.15) is 66.7 Å². The summed E-state index contributed by atoms with van der Waals surface area (Å²) in [5.74, 6) is 2.20. The fraction of sp³-hybridized carbons (Fsp3) is 0.870. The molecule has 0 amide bonds. The number of allylic oxidation sites excluding steroid dienone is 1. The minimum atomic E-state index is -0.515. The van der Waals surface area contributed by atoms with Gasteiger partial charge in [0.25, 0.3) is 0 Å². The van der Waals surface area contributed by atoms with Crippen LogP contribution in [0.25, 0.3) is 0 Å². The minimum absolute atomic E-state index is 0.138. The molecular formula is C23H34O3. The highest BCUT2D eigenvalue weighted by atomic mass is 16.8. The van der Waals surface area contributed by atoms with E-state index in [1.807, 2.05) is 0 Å². The summed E-state index contributed by atoms with van der Waals surface area (Å²) in [6.45, 7) is 11.0. The van der Waals surface area contributed by atoms with E-state index in [4.69, 9.17) is 9.47 Å². The van der Waals surface area contributed by atoms with Crippen molar-refractivity contribution < 1.29 is 14.3 Å². The highest BCUT2D eigenvalue weighted by Crippen LogP contribution is 2.67. The summed E-state index contributed by atoms with van der Waals surface area (Å²) >= 11 is 0. The van der Waals surface area contributed by atoms with E-state index in [1.165, 1.54) is 19.3 Å². The van der Waals surface area contributed by atoms with Gasteiger partial charge < -0.3 is 9.47 Å². The summed E-state index contributed by atoms with van der Waals surface area (Å²) in [4.78, 5) is 13.0. The largest absolute Gasteiger partial charge is 0.344 e. The number of Topliss-reactive ketones (excluding diaryl/α,β-unsaturated/α-hetero) is 1. The number of carbonyl (C=O) groups is 1. The molecule has 3 nitrogen and oxygen atoms in total. The van der Waals surface area contributed by atoms with Crippen LogP contribution in [-0.4, -0.2) is 23.8 Å². The zero-order chi connectivity index (χ0) is 18.5. The summed E-state index contributed by atoms with van der Waals surface area (Å²) in [7, 11) is 0. The van der Waals surface area contributed by atoms with E-state index >= 15 is 0 Å². The van der Waals surface area contributed by atoms with Gasteiger partial charge in [0.15, 0.2) is 5.79 Å². The molecule has 1 heterocycles. The molecule has 0 radical (unpaired) electrons. The van der Waals surface area contributed by atoms with Crippen LogP contribution in [0, 0.1) is 40.4 Å². The maximum atomic E-state index is 13.0. The van der Waals surface area contributed by atoms with Gasteiger partial charge in [0, 0.05) is 17.3 Å². The van der Waals surface area contributed by atoms with Gasteiger partial charge in [0.1, 0.15) is 5.78 Å². The Morgan fingerprint density at radius 1 is 1.04 bits per heavy atom. The molecule has 4 fully saturated rings. The van der Waals surface area contributed by atoms with Gasteiger partial charge in [-0.2, -0.15) is 0 Å². The molecule has 4 aliphatic carbocycles. The predicted octanol–water partition coefficient (Wildman–Crippen LogP) is 4.75. The zero-order valence-electron chi connectivity index (χ0n) is 17.0. The number of ketones is 1. The first-order valence-electron chi connectivity index (χ1n) is 10.7. The quantitative estimate of drug-likeness (QED) is 0.586. The second kappa shape index (κ2) is 5.23.